The molecule has 0 radical (unpaired) electrons. The van der Waals surface area contributed by atoms with Gasteiger partial charge in [0.25, 0.3) is 0 Å². The Labute approximate surface area is 143 Å². The molecule has 0 aromatic rings. The summed E-state index contributed by atoms with van der Waals surface area (Å²) in [7, 11) is 0. The van der Waals surface area contributed by atoms with Crippen molar-refractivity contribution in [2.45, 2.75) is 51.6 Å². The smallest absolute Gasteiger partial charge is 0.243 e. The lowest BCUT2D eigenvalue weighted by Crippen LogP contribution is -2.50. The number of hydrogen-bond donors (Lipinski definition) is 2. The number of likely N-dealkylation sites (N-methyl/N-ethyl adjacent to an activating group) is 1. The van der Waals surface area contributed by atoms with Crippen LogP contribution in [-0.2, 0) is 9.59 Å². The van der Waals surface area contributed by atoms with Crippen LogP contribution in [0.25, 0.3) is 0 Å². The molecule has 1 unspecified atom stereocenters. The van der Waals surface area contributed by atoms with Crippen LogP contribution in [0.4, 0.5) is 0 Å². The van der Waals surface area contributed by atoms with Crippen LogP contribution >= 0.6 is 24.2 Å². The molecule has 5 nitrogen and oxygen atoms in total. The van der Waals surface area contributed by atoms with Crippen molar-refractivity contribution in [2.75, 3.05) is 24.7 Å². The van der Waals surface area contributed by atoms with Gasteiger partial charge in [-0.1, -0.05) is 19.8 Å². The molecule has 2 N–H and O–H groups in total. The summed E-state index contributed by atoms with van der Waals surface area (Å²) in [5.74, 6) is 1.73. The molecule has 2 aliphatic rings. The third-order valence-electron chi connectivity index (χ3n) is 4.31. The largest absolute Gasteiger partial charge is 0.353 e. The number of nitrogens with zero attached hydrogens (tertiary/aromatic N) is 1. The molecule has 2 fully saturated rings. The molecule has 0 spiro atoms. The first kappa shape index (κ1) is 19.6. The molecule has 1 aliphatic carbocycles. The van der Waals surface area contributed by atoms with Gasteiger partial charge in [0.2, 0.25) is 11.8 Å². The zero-order chi connectivity index (χ0) is 15.2. The van der Waals surface area contributed by atoms with Crippen molar-refractivity contribution >= 4 is 36.0 Å². The SMILES string of the molecule is CCN[C@H](C)CNC(=O)C1CSCN1C(=O)C1CCCC1.Cl. The molecule has 128 valence electrons. The second-order valence-electron chi connectivity index (χ2n) is 6.01. The molecule has 1 aliphatic heterocycles. The summed E-state index contributed by atoms with van der Waals surface area (Å²) in [4.78, 5) is 26.7. The van der Waals surface area contributed by atoms with Crippen LogP contribution < -0.4 is 10.6 Å². The Morgan fingerprint density at radius 1 is 1.32 bits per heavy atom. The Morgan fingerprint density at radius 2 is 2.00 bits per heavy atom. The van der Waals surface area contributed by atoms with Gasteiger partial charge in [0, 0.05) is 24.3 Å². The topological polar surface area (TPSA) is 61.4 Å². The van der Waals surface area contributed by atoms with E-state index >= 15 is 0 Å². The van der Waals surface area contributed by atoms with Crippen LogP contribution in [0, 0.1) is 5.92 Å². The third-order valence-corrected chi connectivity index (χ3v) is 5.32. The van der Waals surface area contributed by atoms with Crippen molar-refractivity contribution in [3.8, 4) is 0 Å². The van der Waals surface area contributed by atoms with Crippen LogP contribution in [0.15, 0.2) is 0 Å². The summed E-state index contributed by atoms with van der Waals surface area (Å²) in [6.07, 6.45) is 4.28. The Bertz CT molecular complexity index is 378. The predicted molar refractivity (Wildman–Crippen MR) is 93.3 cm³/mol. The lowest BCUT2D eigenvalue weighted by Gasteiger charge is -2.26. The molecule has 1 heterocycles. The van der Waals surface area contributed by atoms with E-state index in [9.17, 15) is 9.59 Å². The lowest BCUT2D eigenvalue weighted by molar-refractivity contribution is -0.141. The fourth-order valence-corrected chi connectivity index (χ4v) is 4.24. The first-order valence-corrected chi connectivity index (χ1v) is 9.18. The summed E-state index contributed by atoms with van der Waals surface area (Å²) in [6, 6.07) is -0.0242. The van der Waals surface area contributed by atoms with Gasteiger partial charge in [-0.15, -0.1) is 24.2 Å². The van der Waals surface area contributed by atoms with Crippen molar-refractivity contribution in [1.29, 1.82) is 0 Å². The zero-order valence-electron chi connectivity index (χ0n) is 13.5. The molecule has 2 rings (SSSR count). The van der Waals surface area contributed by atoms with E-state index in [2.05, 4.69) is 17.6 Å². The predicted octanol–water partition coefficient (Wildman–Crippen LogP) is 1.61. The van der Waals surface area contributed by atoms with E-state index in [0.717, 1.165) is 38.0 Å². The summed E-state index contributed by atoms with van der Waals surface area (Å²) >= 11 is 1.68. The van der Waals surface area contributed by atoms with E-state index in [1.807, 2.05) is 6.92 Å². The van der Waals surface area contributed by atoms with E-state index in [1.165, 1.54) is 0 Å². The van der Waals surface area contributed by atoms with Gasteiger partial charge >= 0.3 is 0 Å². The fraction of sp³-hybridized carbons (Fsp3) is 0.867. The normalized spacial score (nSPS) is 23.2. The Morgan fingerprint density at radius 3 is 2.64 bits per heavy atom. The second kappa shape index (κ2) is 9.63. The molecule has 1 saturated carbocycles. The van der Waals surface area contributed by atoms with Gasteiger partial charge in [0.05, 0.1) is 5.88 Å². The number of thioether (sulfide) groups is 1. The van der Waals surface area contributed by atoms with E-state index < -0.39 is 0 Å². The van der Waals surface area contributed by atoms with Crippen molar-refractivity contribution in [2.24, 2.45) is 5.92 Å². The van der Waals surface area contributed by atoms with Gasteiger partial charge in [-0.2, -0.15) is 0 Å². The maximum absolute atomic E-state index is 12.5. The van der Waals surface area contributed by atoms with E-state index in [0.29, 0.717) is 12.4 Å². The highest BCUT2D eigenvalue weighted by Gasteiger charge is 2.38. The van der Waals surface area contributed by atoms with Gasteiger partial charge in [0.1, 0.15) is 6.04 Å². The number of amides is 2. The van der Waals surface area contributed by atoms with E-state index in [-0.39, 0.29) is 42.2 Å². The Hall–Kier alpha value is -0.460. The molecule has 2 atom stereocenters. The first-order chi connectivity index (χ1) is 10.1. The molecular weight excluding hydrogens is 322 g/mol. The summed E-state index contributed by atoms with van der Waals surface area (Å²) < 4.78 is 0. The highest BCUT2D eigenvalue weighted by Crippen LogP contribution is 2.30. The van der Waals surface area contributed by atoms with Gasteiger partial charge in [-0.3, -0.25) is 9.59 Å². The number of carbonyl (C=O) groups excluding carboxylic acids is 2. The maximum Gasteiger partial charge on any atom is 0.243 e. The van der Waals surface area contributed by atoms with Crippen LogP contribution in [-0.4, -0.2) is 53.5 Å². The van der Waals surface area contributed by atoms with E-state index in [1.54, 1.807) is 16.7 Å². The molecule has 7 heteroatoms. The molecule has 1 saturated heterocycles. The quantitative estimate of drug-likeness (QED) is 0.765. The Balaban J connectivity index is 0.00000242. The highest BCUT2D eigenvalue weighted by molar-refractivity contribution is 7.99. The van der Waals surface area contributed by atoms with Gasteiger partial charge in [-0.05, 0) is 26.3 Å². The maximum atomic E-state index is 12.5. The minimum absolute atomic E-state index is 0. The molecular formula is C15H28ClN3O2S. The molecule has 0 bridgehead atoms. The van der Waals surface area contributed by atoms with Crippen LogP contribution in [0.3, 0.4) is 0 Å². The minimum Gasteiger partial charge on any atom is -0.353 e. The lowest BCUT2D eigenvalue weighted by atomic mass is 10.1. The monoisotopic (exact) mass is 349 g/mol. The summed E-state index contributed by atoms with van der Waals surface area (Å²) in [5, 5.41) is 6.25. The average Bonchev–Trinajstić information content (AvgIpc) is 3.15. The van der Waals surface area contributed by atoms with Gasteiger partial charge in [-0.25, -0.2) is 0 Å². The third kappa shape index (κ3) is 5.03. The number of halogens is 1. The van der Waals surface area contributed by atoms with Crippen molar-refractivity contribution in [1.82, 2.24) is 15.5 Å². The van der Waals surface area contributed by atoms with Crippen molar-refractivity contribution in [3.05, 3.63) is 0 Å². The number of rotatable bonds is 6. The van der Waals surface area contributed by atoms with Crippen LogP contribution in [0.5, 0.6) is 0 Å². The number of carbonyl (C=O) groups is 2. The summed E-state index contributed by atoms with van der Waals surface area (Å²) in [5.41, 5.74) is 0. The zero-order valence-corrected chi connectivity index (χ0v) is 15.1. The van der Waals surface area contributed by atoms with Crippen molar-refractivity contribution < 1.29 is 9.59 Å². The highest BCUT2D eigenvalue weighted by atomic mass is 35.5. The second-order valence-corrected chi connectivity index (χ2v) is 7.01. The molecule has 22 heavy (non-hydrogen) atoms. The average molecular weight is 350 g/mol. The minimum atomic E-state index is -0.281. The first-order valence-electron chi connectivity index (χ1n) is 8.02. The van der Waals surface area contributed by atoms with Gasteiger partial charge < -0.3 is 15.5 Å². The molecule has 0 aromatic heterocycles. The molecule has 2 amide bonds. The Kier molecular flexibility index (Phi) is 8.57. The summed E-state index contributed by atoms with van der Waals surface area (Å²) in [6.45, 7) is 5.60. The standard InChI is InChI=1S/C15H27N3O2S.ClH/c1-3-16-11(2)8-17-14(19)13-9-21-10-18(13)15(20)12-6-4-5-7-12;/h11-13,16H,3-10H2,1-2H3,(H,17,19);1H/t11-,13?;/m1./s1. The van der Waals surface area contributed by atoms with Crippen molar-refractivity contribution in [3.63, 3.8) is 0 Å². The number of nitrogens with one attached hydrogen (secondary N) is 2. The van der Waals surface area contributed by atoms with E-state index in [4.69, 9.17) is 0 Å². The number of hydrogen-bond acceptors (Lipinski definition) is 4. The molecule has 0 aromatic carbocycles. The van der Waals surface area contributed by atoms with Crippen LogP contribution in [0.2, 0.25) is 0 Å². The fourth-order valence-electron chi connectivity index (χ4n) is 3.08. The van der Waals surface area contributed by atoms with Crippen LogP contribution in [0.1, 0.15) is 39.5 Å². The van der Waals surface area contributed by atoms with Gasteiger partial charge in [0.15, 0.2) is 0 Å².